The predicted octanol–water partition coefficient (Wildman–Crippen LogP) is 4.65. The first-order chi connectivity index (χ1) is 9.56. The van der Waals surface area contributed by atoms with Crippen LogP contribution in [0.15, 0.2) is 42.6 Å². The molecule has 0 aliphatic rings. The summed E-state index contributed by atoms with van der Waals surface area (Å²) < 4.78 is 6.97. The van der Waals surface area contributed by atoms with Crippen LogP contribution in [0.5, 0.6) is 5.88 Å². The normalized spacial score (nSPS) is 12.2. The number of hydrogen-bond acceptors (Lipinski definition) is 3. The number of nitrogens with zero attached hydrogens (tertiary/aromatic N) is 1. The third-order valence-electron chi connectivity index (χ3n) is 2.86. The molecule has 0 spiro atoms. The van der Waals surface area contributed by atoms with Crippen LogP contribution in [-0.4, -0.2) is 11.1 Å². The number of ether oxygens (including phenoxy) is 1. The molecule has 0 aliphatic heterocycles. The Kier molecular flexibility index (Phi) is 5.23. The van der Waals surface area contributed by atoms with Crippen LogP contribution in [0.25, 0.3) is 0 Å². The molecule has 1 unspecified atom stereocenters. The molecule has 1 aromatic carbocycles. The molecule has 0 radical (unpaired) electrons. The van der Waals surface area contributed by atoms with E-state index in [2.05, 4.69) is 64.1 Å². The molecule has 0 amide bonds. The maximum Gasteiger partial charge on any atom is 0.237 e. The van der Waals surface area contributed by atoms with Crippen molar-refractivity contribution in [2.75, 3.05) is 5.32 Å². The Hall–Kier alpha value is -1.30. The highest BCUT2D eigenvalue weighted by Gasteiger charge is 2.11. The van der Waals surface area contributed by atoms with Gasteiger partial charge in [-0.1, -0.05) is 12.1 Å². The van der Waals surface area contributed by atoms with Crippen LogP contribution in [0.3, 0.4) is 0 Å². The molecule has 0 fully saturated rings. The fraction of sp³-hybridized carbons (Fsp3) is 0.312. The molecule has 0 aliphatic carbocycles. The zero-order valence-corrected chi connectivity index (χ0v) is 14.1. The van der Waals surface area contributed by atoms with Gasteiger partial charge in [0.1, 0.15) is 0 Å². The Bertz CT molecular complexity index is 555. The minimum Gasteiger partial charge on any atom is -0.473 e. The van der Waals surface area contributed by atoms with E-state index in [1.165, 1.54) is 9.13 Å². The minimum absolute atomic E-state index is 0.110. The standard InChI is InChI=1S/C16H19IN2O/c1-11(2)20-16-15(5-4-10-18-16)19-12(3)13-6-8-14(17)9-7-13/h4-12,19H,1-3H3. The molecule has 2 rings (SSSR count). The zero-order valence-electron chi connectivity index (χ0n) is 11.9. The Balaban J connectivity index is 2.15. The van der Waals surface area contributed by atoms with Crippen molar-refractivity contribution in [3.05, 3.63) is 51.7 Å². The van der Waals surface area contributed by atoms with E-state index in [0.717, 1.165) is 5.69 Å². The van der Waals surface area contributed by atoms with Crippen molar-refractivity contribution in [1.82, 2.24) is 4.98 Å². The molecule has 1 heterocycles. The Morgan fingerprint density at radius 3 is 2.45 bits per heavy atom. The van der Waals surface area contributed by atoms with Crippen molar-refractivity contribution >= 4 is 28.3 Å². The molecule has 1 N–H and O–H groups in total. The quantitative estimate of drug-likeness (QED) is 0.765. The highest BCUT2D eigenvalue weighted by atomic mass is 127. The van der Waals surface area contributed by atoms with Crippen molar-refractivity contribution in [2.24, 2.45) is 0 Å². The summed E-state index contributed by atoms with van der Waals surface area (Å²) in [4.78, 5) is 4.29. The largest absolute Gasteiger partial charge is 0.473 e. The summed E-state index contributed by atoms with van der Waals surface area (Å²) in [5.74, 6) is 0.653. The molecule has 4 heteroatoms. The van der Waals surface area contributed by atoms with Crippen LogP contribution >= 0.6 is 22.6 Å². The molecular weight excluding hydrogens is 363 g/mol. The Labute approximate surface area is 133 Å². The molecule has 1 atom stereocenters. The van der Waals surface area contributed by atoms with Crippen LogP contribution in [0, 0.1) is 3.57 Å². The lowest BCUT2D eigenvalue weighted by molar-refractivity contribution is 0.234. The topological polar surface area (TPSA) is 34.1 Å². The van der Waals surface area contributed by atoms with Gasteiger partial charge >= 0.3 is 0 Å². The fourth-order valence-electron chi connectivity index (χ4n) is 1.89. The highest BCUT2D eigenvalue weighted by Crippen LogP contribution is 2.26. The summed E-state index contributed by atoms with van der Waals surface area (Å²) in [6, 6.07) is 12.6. The summed E-state index contributed by atoms with van der Waals surface area (Å²) in [6.07, 6.45) is 1.86. The average molecular weight is 382 g/mol. The average Bonchev–Trinajstić information content (AvgIpc) is 2.41. The number of benzene rings is 1. The third-order valence-corrected chi connectivity index (χ3v) is 3.58. The van der Waals surface area contributed by atoms with Gasteiger partial charge in [-0.15, -0.1) is 0 Å². The van der Waals surface area contributed by atoms with Gasteiger partial charge in [-0.2, -0.15) is 0 Å². The number of rotatable bonds is 5. The van der Waals surface area contributed by atoms with Gasteiger partial charge < -0.3 is 10.1 Å². The van der Waals surface area contributed by atoms with E-state index < -0.39 is 0 Å². The summed E-state index contributed by atoms with van der Waals surface area (Å²) in [6.45, 7) is 6.14. The van der Waals surface area contributed by atoms with Crippen molar-refractivity contribution in [3.63, 3.8) is 0 Å². The van der Waals surface area contributed by atoms with Crippen LogP contribution in [0.2, 0.25) is 0 Å². The van der Waals surface area contributed by atoms with Crippen LogP contribution in [0.4, 0.5) is 5.69 Å². The van der Waals surface area contributed by atoms with Crippen molar-refractivity contribution < 1.29 is 4.74 Å². The predicted molar refractivity (Wildman–Crippen MR) is 91.2 cm³/mol. The van der Waals surface area contributed by atoms with Crippen LogP contribution in [0.1, 0.15) is 32.4 Å². The van der Waals surface area contributed by atoms with Gasteiger partial charge in [0, 0.05) is 15.8 Å². The maximum absolute atomic E-state index is 5.73. The first-order valence-corrected chi connectivity index (χ1v) is 7.78. The second kappa shape index (κ2) is 6.92. The minimum atomic E-state index is 0.110. The second-order valence-electron chi connectivity index (χ2n) is 4.94. The van der Waals surface area contributed by atoms with Crippen molar-refractivity contribution in [1.29, 1.82) is 0 Å². The summed E-state index contributed by atoms with van der Waals surface area (Å²) in [5.41, 5.74) is 2.16. The SMILES string of the molecule is CC(C)Oc1ncccc1NC(C)c1ccc(I)cc1. The monoisotopic (exact) mass is 382 g/mol. The lowest BCUT2D eigenvalue weighted by atomic mass is 10.1. The summed E-state index contributed by atoms with van der Waals surface area (Å²) >= 11 is 2.31. The van der Waals surface area contributed by atoms with Crippen molar-refractivity contribution in [2.45, 2.75) is 32.9 Å². The maximum atomic E-state index is 5.73. The van der Waals surface area contributed by atoms with Gasteiger partial charge in [0.05, 0.1) is 11.8 Å². The van der Waals surface area contributed by atoms with Gasteiger partial charge in [0.2, 0.25) is 5.88 Å². The van der Waals surface area contributed by atoms with E-state index >= 15 is 0 Å². The van der Waals surface area contributed by atoms with E-state index in [1.54, 1.807) is 6.20 Å². The molecule has 0 saturated heterocycles. The van der Waals surface area contributed by atoms with Crippen LogP contribution in [-0.2, 0) is 0 Å². The van der Waals surface area contributed by atoms with E-state index in [-0.39, 0.29) is 12.1 Å². The van der Waals surface area contributed by atoms with E-state index in [0.29, 0.717) is 5.88 Å². The second-order valence-corrected chi connectivity index (χ2v) is 6.19. The Morgan fingerprint density at radius 1 is 1.10 bits per heavy atom. The first-order valence-electron chi connectivity index (χ1n) is 6.70. The number of pyridine rings is 1. The van der Waals surface area contributed by atoms with Gasteiger partial charge in [-0.3, -0.25) is 0 Å². The van der Waals surface area contributed by atoms with Gasteiger partial charge in [-0.05, 0) is 73.2 Å². The third kappa shape index (κ3) is 4.10. The molecule has 2 aromatic rings. The lowest BCUT2D eigenvalue weighted by Gasteiger charge is -2.19. The highest BCUT2D eigenvalue weighted by molar-refractivity contribution is 14.1. The fourth-order valence-corrected chi connectivity index (χ4v) is 2.25. The van der Waals surface area contributed by atoms with Gasteiger partial charge in [0.25, 0.3) is 0 Å². The van der Waals surface area contributed by atoms with E-state index in [1.807, 2.05) is 26.0 Å². The number of nitrogens with one attached hydrogen (secondary N) is 1. The smallest absolute Gasteiger partial charge is 0.237 e. The number of hydrogen-bond donors (Lipinski definition) is 1. The molecule has 3 nitrogen and oxygen atoms in total. The molecule has 0 saturated carbocycles. The lowest BCUT2D eigenvalue weighted by Crippen LogP contribution is -2.12. The summed E-state index contributed by atoms with van der Waals surface area (Å²) in [7, 11) is 0. The Morgan fingerprint density at radius 2 is 1.80 bits per heavy atom. The van der Waals surface area contributed by atoms with E-state index in [4.69, 9.17) is 4.74 Å². The molecule has 1 aromatic heterocycles. The number of halogens is 1. The number of aromatic nitrogens is 1. The molecule has 106 valence electrons. The molecular formula is C16H19IN2O. The van der Waals surface area contributed by atoms with Crippen LogP contribution < -0.4 is 10.1 Å². The number of anilines is 1. The van der Waals surface area contributed by atoms with E-state index in [9.17, 15) is 0 Å². The zero-order chi connectivity index (χ0) is 14.5. The molecule has 20 heavy (non-hydrogen) atoms. The first kappa shape index (κ1) is 15.1. The molecule has 0 bridgehead atoms. The van der Waals surface area contributed by atoms with Crippen molar-refractivity contribution in [3.8, 4) is 5.88 Å². The summed E-state index contributed by atoms with van der Waals surface area (Å²) in [5, 5.41) is 3.46. The van der Waals surface area contributed by atoms with Gasteiger partial charge in [0.15, 0.2) is 0 Å². The van der Waals surface area contributed by atoms with Gasteiger partial charge in [-0.25, -0.2) is 4.98 Å².